The van der Waals surface area contributed by atoms with Gasteiger partial charge in [-0.3, -0.25) is 9.59 Å². The zero-order valence-electron chi connectivity index (χ0n) is 9.02. The molecule has 0 aliphatic heterocycles. The summed E-state index contributed by atoms with van der Waals surface area (Å²) in [6.07, 6.45) is 0. The first-order valence-electron chi connectivity index (χ1n) is 4.74. The van der Waals surface area contributed by atoms with E-state index in [0.29, 0.717) is 0 Å². The Labute approximate surface area is 83.9 Å². The molecule has 4 heteroatoms. The third kappa shape index (κ3) is 3.01. The predicted octanol–water partition coefficient (Wildman–Crippen LogP) is 1.70. The molecule has 82 valence electrons. The van der Waals surface area contributed by atoms with Crippen LogP contribution in [0.2, 0.25) is 0 Å². The largest absolute Gasteiger partial charge is 0.481 e. The molecule has 0 aromatic rings. The molecule has 0 aromatic heterocycles. The van der Waals surface area contributed by atoms with Gasteiger partial charge in [-0.2, -0.15) is 0 Å². The van der Waals surface area contributed by atoms with Crippen LogP contribution in [-0.4, -0.2) is 22.2 Å². The van der Waals surface area contributed by atoms with Gasteiger partial charge in [-0.1, -0.05) is 27.7 Å². The third-order valence-electron chi connectivity index (χ3n) is 2.39. The van der Waals surface area contributed by atoms with Gasteiger partial charge in [0.2, 0.25) is 0 Å². The van der Waals surface area contributed by atoms with Gasteiger partial charge in [0.1, 0.15) is 0 Å². The van der Waals surface area contributed by atoms with Crippen molar-refractivity contribution < 1.29 is 19.8 Å². The van der Waals surface area contributed by atoms with Gasteiger partial charge in [0, 0.05) is 0 Å². The van der Waals surface area contributed by atoms with Gasteiger partial charge in [0.25, 0.3) is 0 Å². The van der Waals surface area contributed by atoms with Crippen LogP contribution in [0.15, 0.2) is 0 Å². The molecule has 0 fully saturated rings. The molecule has 2 unspecified atom stereocenters. The van der Waals surface area contributed by atoms with E-state index in [1.807, 2.05) is 0 Å². The number of rotatable bonds is 5. The lowest BCUT2D eigenvalue weighted by atomic mass is 9.77. The lowest BCUT2D eigenvalue weighted by molar-refractivity contribution is -0.157. The van der Waals surface area contributed by atoms with Crippen molar-refractivity contribution in [2.24, 2.45) is 23.7 Å². The fourth-order valence-electron chi connectivity index (χ4n) is 1.71. The summed E-state index contributed by atoms with van der Waals surface area (Å²) in [4.78, 5) is 21.9. The van der Waals surface area contributed by atoms with Crippen molar-refractivity contribution in [3.8, 4) is 0 Å². The fourth-order valence-corrected chi connectivity index (χ4v) is 1.71. The lowest BCUT2D eigenvalue weighted by Gasteiger charge is -2.26. The molecule has 0 heterocycles. The van der Waals surface area contributed by atoms with E-state index in [2.05, 4.69) is 0 Å². The van der Waals surface area contributed by atoms with Crippen molar-refractivity contribution in [2.45, 2.75) is 27.7 Å². The van der Waals surface area contributed by atoms with Gasteiger partial charge in [-0.15, -0.1) is 0 Å². The smallest absolute Gasteiger partial charge is 0.307 e. The van der Waals surface area contributed by atoms with Crippen molar-refractivity contribution in [3.63, 3.8) is 0 Å². The van der Waals surface area contributed by atoms with Crippen molar-refractivity contribution in [2.75, 3.05) is 0 Å². The van der Waals surface area contributed by atoms with E-state index >= 15 is 0 Å². The highest BCUT2D eigenvalue weighted by molar-refractivity contribution is 5.80. The molecule has 0 bridgehead atoms. The minimum absolute atomic E-state index is 0.170. The molecule has 14 heavy (non-hydrogen) atoms. The summed E-state index contributed by atoms with van der Waals surface area (Å²) in [5, 5.41) is 17.9. The number of carbonyl (C=O) groups is 2. The second kappa shape index (κ2) is 4.98. The Kier molecular flexibility index (Phi) is 4.60. The molecular weight excluding hydrogens is 184 g/mol. The number of carboxylic acids is 2. The van der Waals surface area contributed by atoms with E-state index in [-0.39, 0.29) is 11.8 Å². The van der Waals surface area contributed by atoms with Crippen LogP contribution in [0.3, 0.4) is 0 Å². The van der Waals surface area contributed by atoms with Crippen LogP contribution >= 0.6 is 0 Å². The van der Waals surface area contributed by atoms with E-state index in [9.17, 15) is 9.59 Å². The van der Waals surface area contributed by atoms with Gasteiger partial charge in [0.05, 0.1) is 11.8 Å². The second-order valence-corrected chi connectivity index (χ2v) is 4.22. The molecule has 0 radical (unpaired) electrons. The molecule has 0 aromatic carbocycles. The molecule has 0 spiro atoms. The van der Waals surface area contributed by atoms with Gasteiger partial charge in [-0.25, -0.2) is 0 Å². The summed E-state index contributed by atoms with van der Waals surface area (Å²) in [6, 6.07) is 0. The Morgan fingerprint density at radius 1 is 0.786 bits per heavy atom. The molecule has 0 aliphatic rings. The maximum absolute atomic E-state index is 10.9. The van der Waals surface area contributed by atoms with Gasteiger partial charge >= 0.3 is 11.9 Å². The minimum Gasteiger partial charge on any atom is -0.481 e. The summed E-state index contributed by atoms with van der Waals surface area (Å²) in [6.45, 7) is 6.93. The molecule has 0 saturated heterocycles. The first-order chi connectivity index (χ1) is 6.29. The Morgan fingerprint density at radius 2 is 1.00 bits per heavy atom. The molecule has 0 saturated carbocycles. The van der Waals surface area contributed by atoms with Crippen LogP contribution in [0, 0.1) is 23.7 Å². The Bertz CT molecular complexity index is 196. The van der Waals surface area contributed by atoms with Crippen LogP contribution in [0.25, 0.3) is 0 Å². The summed E-state index contributed by atoms with van der Waals surface area (Å²) < 4.78 is 0. The monoisotopic (exact) mass is 202 g/mol. The fraction of sp³-hybridized carbons (Fsp3) is 0.800. The number of carboxylic acid groups (broad SMARTS) is 2. The first kappa shape index (κ1) is 12.9. The van der Waals surface area contributed by atoms with E-state index in [0.717, 1.165) is 0 Å². The van der Waals surface area contributed by atoms with Gasteiger partial charge in [0.15, 0.2) is 0 Å². The van der Waals surface area contributed by atoms with Crippen LogP contribution in [-0.2, 0) is 9.59 Å². The quantitative estimate of drug-likeness (QED) is 0.711. The average molecular weight is 202 g/mol. The normalized spacial score (nSPS) is 15.6. The Balaban J connectivity index is 4.93. The molecule has 0 amide bonds. The molecule has 2 N–H and O–H groups in total. The summed E-state index contributed by atoms with van der Waals surface area (Å²) >= 11 is 0. The van der Waals surface area contributed by atoms with Crippen LogP contribution in [0.1, 0.15) is 27.7 Å². The minimum atomic E-state index is -1.03. The van der Waals surface area contributed by atoms with Crippen LogP contribution < -0.4 is 0 Å². The highest BCUT2D eigenvalue weighted by Crippen LogP contribution is 2.27. The molecule has 2 atom stereocenters. The Hall–Kier alpha value is -1.06. The van der Waals surface area contributed by atoms with Crippen molar-refractivity contribution in [1.29, 1.82) is 0 Å². The molecule has 4 nitrogen and oxygen atoms in total. The van der Waals surface area contributed by atoms with Gasteiger partial charge in [-0.05, 0) is 11.8 Å². The van der Waals surface area contributed by atoms with E-state index in [1.54, 1.807) is 27.7 Å². The zero-order chi connectivity index (χ0) is 11.5. The molecule has 0 aliphatic carbocycles. The zero-order valence-corrected chi connectivity index (χ0v) is 9.02. The highest BCUT2D eigenvalue weighted by Gasteiger charge is 2.37. The van der Waals surface area contributed by atoms with Gasteiger partial charge < -0.3 is 10.2 Å². The summed E-state index contributed by atoms with van der Waals surface area (Å²) in [7, 11) is 0. The first-order valence-corrected chi connectivity index (χ1v) is 4.74. The standard InChI is InChI=1S/C10H18O4/c1-5(2)7(9(11)12)8(6(3)4)10(13)14/h5-8H,1-4H3,(H,11,12)(H,13,14). The number of hydrogen-bond donors (Lipinski definition) is 2. The van der Waals surface area contributed by atoms with E-state index in [1.165, 1.54) is 0 Å². The van der Waals surface area contributed by atoms with Crippen molar-refractivity contribution in [3.05, 3.63) is 0 Å². The second-order valence-electron chi connectivity index (χ2n) is 4.22. The lowest BCUT2D eigenvalue weighted by Crippen LogP contribution is -2.36. The van der Waals surface area contributed by atoms with Crippen molar-refractivity contribution in [1.82, 2.24) is 0 Å². The maximum Gasteiger partial charge on any atom is 0.307 e. The molecular formula is C10H18O4. The molecule has 0 rings (SSSR count). The number of hydrogen-bond acceptors (Lipinski definition) is 2. The highest BCUT2D eigenvalue weighted by atomic mass is 16.4. The summed E-state index contributed by atoms with van der Waals surface area (Å²) in [5.41, 5.74) is 0. The predicted molar refractivity (Wildman–Crippen MR) is 51.9 cm³/mol. The Morgan fingerprint density at radius 3 is 1.07 bits per heavy atom. The maximum atomic E-state index is 10.9. The summed E-state index contributed by atoms with van der Waals surface area (Å²) in [5.74, 6) is -4.02. The van der Waals surface area contributed by atoms with E-state index < -0.39 is 23.8 Å². The van der Waals surface area contributed by atoms with Crippen molar-refractivity contribution >= 4 is 11.9 Å². The topological polar surface area (TPSA) is 74.6 Å². The van der Waals surface area contributed by atoms with Crippen LogP contribution in [0.4, 0.5) is 0 Å². The van der Waals surface area contributed by atoms with Crippen LogP contribution in [0.5, 0.6) is 0 Å². The third-order valence-corrected chi connectivity index (χ3v) is 2.39. The SMILES string of the molecule is CC(C)C(C(=O)O)C(C(=O)O)C(C)C. The number of aliphatic carboxylic acids is 2. The average Bonchev–Trinajstić information content (AvgIpc) is 1.96. The van der Waals surface area contributed by atoms with E-state index in [4.69, 9.17) is 10.2 Å².